The first-order valence-corrected chi connectivity index (χ1v) is 9.57. The summed E-state index contributed by atoms with van der Waals surface area (Å²) < 4.78 is 11.1. The lowest BCUT2D eigenvalue weighted by atomic mass is 10.1. The lowest BCUT2D eigenvalue weighted by molar-refractivity contribution is 0.101. The van der Waals surface area contributed by atoms with E-state index >= 15 is 0 Å². The molecule has 1 N–H and O–H groups in total. The molecule has 2 aromatic heterocycles. The van der Waals surface area contributed by atoms with Crippen LogP contribution in [0.5, 0.6) is 11.5 Å². The van der Waals surface area contributed by atoms with Gasteiger partial charge in [0.05, 0.1) is 15.4 Å². The Kier molecular flexibility index (Phi) is 4.44. The molecule has 0 spiro atoms. The van der Waals surface area contributed by atoms with Crippen LogP contribution in [0.25, 0.3) is 11.3 Å². The predicted molar refractivity (Wildman–Crippen MR) is 101 cm³/mol. The molecule has 0 atom stereocenters. The molecule has 1 aliphatic rings. The minimum absolute atomic E-state index is 0.0517. The molecule has 0 fully saturated rings. The van der Waals surface area contributed by atoms with Crippen molar-refractivity contribution in [1.29, 1.82) is 0 Å². The molecule has 8 heteroatoms. The van der Waals surface area contributed by atoms with Gasteiger partial charge in [-0.15, -0.1) is 22.7 Å². The number of carbonyl (C=O) groups is 2. The summed E-state index contributed by atoms with van der Waals surface area (Å²) >= 11 is 2.51. The first kappa shape index (κ1) is 16.7. The lowest BCUT2D eigenvalue weighted by Crippen LogP contribution is -2.15. The normalized spacial score (nSPS) is 12.7. The van der Waals surface area contributed by atoms with E-state index in [9.17, 15) is 9.59 Å². The van der Waals surface area contributed by atoms with Gasteiger partial charge in [-0.1, -0.05) is 0 Å². The van der Waals surface area contributed by atoms with Crippen LogP contribution in [0.4, 0.5) is 5.13 Å². The van der Waals surface area contributed by atoms with E-state index in [1.165, 1.54) is 29.6 Å². The van der Waals surface area contributed by atoms with Crippen molar-refractivity contribution in [3.63, 3.8) is 0 Å². The highest BCUT2D eigenvalue weighted by atomic mass is 32.1. The van der Waals surface area contributed by atoms with Crippen LogP contribution in [0.15, 0.2) is 35.7 Å². The zero-order chi connectivity index (χ0) is 18.1. The number of Topliss-reactive ketones (excluding diaryl/α,β-unsaturated/α-hetero) is 1. The van der Waals surface area contributed by atoms with Gasteiger partial charge in [0.15, 0.2) is 22.4 Å². The smallest absolute Gasteiger partial charge is 0.267 e. The highest BCUT2D eigenvalue weighted by molar-refractivity contribution is 7.16. The Morgan fingerprint density at radius 3 is 2.62 bits per heavy atom. The summed E-state index contributed by atoms with van der Waals surface area (Å²) in [6.07, 6.45) is 0. The molecule has 4 rings (SSSR count). The van der Waals surface area contributed by atoms with Crippen molar-refractivity contribution in [2.75, 3.05) is 18.5 Å². The molecule has 0 aliphatic carbocycles. The summed E-state index contributed by atoms with van der Waals surface area (Å²) in [6, 6.07) is 8.95. The summed E-state index contributed by atoms with van der Waals surface area (Å²) in [7, 11) is 0. The number of thiazole rings is 1. The highest BCUT2D eigenvalue weighted by Gasteiger charge is 2.16. The van der Waals surface area contributed by atoms with E-state index < -0.39 is 0 Å². The number of benzene rings is 1. The zero-order valence-electron chi connectivity index (χ0n) is 13.8. The third kappa shape index (κ3) is 3.33. The number of nitrogens with zero attached hydrogens (tertiary/aromatic N) is 1. The highest BCUT2D eigenvalue weighted by Crippen LogP contribution is 2.35. The number of amides is 1. The van der Waals surface area contributed by atoms with E-state index in [0.717, 1.165) is 17.0 Å². The second-order valence-corrected chi connectivity index (χ2v) is 7.51. The molecule has 1 aromatic carbocycles. The first-order chi connectivity index (χ1) is 12.6. The Hall–Kier alpha value is -2.71. The third-order valence-electron chi connectivity index (χ3n) is 3.74. The Bertz CT molecular complexity index is 993. The van der Waals surface area contributed by atoms with E-state index in [4.69, 9.17) is 9.47 Å². The molecule has 132 valence electrons. The van der Waals surface area contributed by atoms with Gasteiger partial charge in [-0.2, -0.15) is 0 Å². The molecular formula is C18H14N2O4S2. The van der Waals surface area contributed by atoms with Crippen LogP contribution in [0, 0.1) is 0 Å². The summed E-state index contributed by atoms with van der Waals surface area (Å²) in [5.74, 6) is 1.10. The molecule has 26 heavy (non-hydrogen) atoms. The van der Waals surface area contributed by atoms with Crippen LogP contribution in [-0.2, 0) is 0 Å². The van der Waals surface area contributed by atoms with Gasteiger partial charge in [0, 0.05) is 10.9 Å². The van der Waals surface area contributed by atoms with Crippen LogP contribution < -0.4 is 14.8 Å². The summed E-state index contributed by atoms with van der Waals surface area (Å²) in [4.78, 5) is 29.2. The minimum atomic E-state index is -0.273. The van der Waals surface area contributed by atoms with E-state index in [-0.39, 0.29) is 11.7 Å². The standard InChI is InChI=1S/C18H14N2O4S2/c1-10(21)15-4-5-16(26-15)17(22)20-18-19-12(9-25-18)11-2-3-13-14(8-11)24-7-6-23-13/h2-5,8-9H,6-7H2,1H3,(H,19,20,22). The molecule has 0 saturated heterocycles. The van der Waals surface area contributed by atoms with Crippen LogP contribution in [-0.4, -0.2) is 29.9 Å². The van der Waals surface area contributed by atoms with Crippen LogP contribution in [0.3, 0.4) is 0 Å². The maximum Gasteiger partial charge on any atom is 0.267 e. The van der Waals surface area contributed by atoms with Crippen molar-refractivity contribution in [3.05, 3.63) is 45.5 Å². The molecule has 0 radical (unpaired) electrons. The van der Waals surface area contributed by atoms with Gasteiger partial charge in [0.1, 0.15) is 13.2 Å². The number of hydrogen-bond donors (Lipinski definition) is 1. The number of rotatable bonds is 4. The van der Waals surface area contributed by atoms with Crippen molar-refractivity contribution < 1.29 is 19.1 Å². The van der Waals surface area contributed by atoms with Gasteiger partial charge in [0.25, 0.3) is 5.91 Å². The maximum atomic E-state index is 12.3. The lowest BCUT2D eigenvalue weighted by Gasteiger charge is -2.18. The fourth-order valence-electron chi connectivity index (χ4n) is 2.47. The van der Waals surface area contributed by atoms with Crippen molar-refractivity contribution >= 4 is 39.5 Å². The number of hydrogen-bond acceptors (Lipinski definition) is 7. The minimum Gasteiger partial charge on any atom is -0.486 e. The average molecular weight is 386 g/mol. The number of carbonyl (C=O) groups excluding carboxylic acids is 2. The molecular weight excluding hydrogens is 372 g/mol. The van der Waals surface area contributed by atoms with Crippen LogP contribution in [0.2, 0.25) is 0 Å². The summed E-state index contributed by atoms with van der Waals surface area (Å²) in [5.41, 5.74) is 1.64. The zero-order valence-corrected chi connectivity index (χ0v) is 15.4. The van der Waals surface area contributed by atoms with E-state index in [1.54, 1.807) is 12.1 Å². The fraction of sp³-hybridized carbons (Fsp3) is 0.167. The van der Waals surface area contributed by atoms with Gasteiger partial charge in [-0.3, -0.25) is 14.9 Å². The second-order valence-electron chi connectivity index (χ2n) is 5.57. The van der Waals surface area contributed by atoms with Gasteiger partial charge >= 0.3 is 0 Å². The Morgan fingerprint density at radius 1 is 1.08 bits per heavy atom. The monoisotopic (exact) mass is 386 g/mol. The number of fused-ring (bicyclic) bond motifs is 1. The van der Waals surface area contributed by atoms with Crippen molar-refractivity contribution in [2.45, 2.75) is 6.92 Å². The predicted octanol–water partition coefficient (Wildman–Crippen LogP) is 4.10. The average Bonchev–Trinajstić information content (AvgIpc) is 3.31. The van der Waals surface area contributed by atoms with Gasteiger partial charge in [-0.05, 0) is 37.3 Å². The third-order valence-corrected chi connectivity index (χ3v) is 5.68. The maximum absolute atomic E-state index is 12.3. The van der Waals surface area contributed by atoms with E-state index in [1.807, 2.05) is 23.6 Å². The summed E-state index contributed by atoms with van der Waals surface area (Å²) in [5, 5.41) is 5.14. The number of ketones is 1. The van der Waals surface area contributed by atoms with Crippen LogP contribution >= 0.6 is 22.7 Å². The molecule has 1 aliphatic heterocycles. The Balaban J connectivity index is 1.50. The van der Waals surface area contributed by atoms with E-state index in [2.05, 4.69) is 10.3 Å². The van der Waals surface area contributed by atoms with E-state index in [0.29, 0.717) is 33.8 Å². The van der Waals surface area contributed by atoms with Gasteiger partial charge in [0.2, 0.25) is 0 Å². The molecule has 6 nitrogen and oxygen atoms in total. The number of ether oxygens (including phenoxy) is 2. The number of thiophene rings is 1. The van der Waals surface area contributed by atoms with Gasteiger partial charge < -0.3 is 9.47 Å². The quantitative estimate of drug-likeness (QED) is 0.683. The molecule has 1 amide bonds. The topological polar surface area (TPSA) is 77.5 Å². The Morgan fingerprint density at radius 2 is 1.85 bits per heavy atom. The molecule has 0 saturated carbocycles. The number of anilines is 1. The number of nitrogens with one attached hydrogen (secondary N) is 1. The molecule has 3 aromatic rings. The number of aromatic nitrogens is 1. The van der Waals surface area contributed by atoms with Crippen molar-refractivity contribution in [3.8, 4) is 22.8 Å². The second kappa shape index (κ2) is 6.89. The SMILES string of the molecule is CC(=O)c1ccc(C(=O)Nc2nc(-c3ccc4c(c3)OCCO4)cs2)s1. The fourth-order valence-corrected chi connectivity index (χ4v) is 3.99. The van der Waals surface area contributed by atoms with Crippen molar-refractivity contribution in [1.82, 2.24) is 4.98 Å². The molecule has 0 bridgehead atoms. The first-order valence-electron chi connectivity index (χ1n) is 7.88. The Labute approximate surface area is 157 Å². The summed E-state index contributed by atoms with van der Waals surface area (Å²) in [6.45, 7) is 2.55. The largest absolute Gasteiger partial charge is 0.486 e. The van der Waals surface area contributed by atoms with Crippen molar-refractivity contribution in [2.24, 2.45) is 0 Å². The molecule has 0 unspecified atom stereocenters. The van der Waals surface area contributed by atoms with Gasteiger partial charge in [-0.25, -0.2) is 4.98 Å². The molecule has 3 heterocycles. The van der Waals surface area contributed by atoms with Crippen LogP contribution in [0.1, 0.15) is 26.3 Å².